The van der Waals surface area contributed by atoms with Crippen molar-refractivity contribution in [1.82, 2.24) is 5.16 Å². The van der Waals surface area contributed by atoms with Gasteiger partial charge in [-0.2, -0.15) is 0 Å². The minimum absolute atomic E-state index is 0.367. The average Bonchev–Trinajstić information content (AvgIpc) is 2.69. The Labute approximate surface area is 130 Å². The van der Waals surface area contributed by atoms with Crippen molar-refractivity contribution >= 4 is 17.5 Å². The van der Waals surface area contributed by atoms with E-state index in [4.69, 9.17) is 21.9 Å². The van der Waals surface area contributed by atoms with Crippen molar-refractivity contribution in [2.24, 2.45) is 5.92 Å². The molecule has 0 radical (unpaired) electrons. The molecule has 1 saturated carbocycles. The van der Waals surface area contributed by atoms with Gasteiger partial charge in [-0.05, 0) is 18.4 Å². The van der Waals surface area contributed by atoms with E-state index >= 15 is 0 Å². The van der Waals surface area contributed by atoms with Gasteiger partial charge in [-0.15, -0.1) is 0 Å². The predicted molar refractivity (Wildman–Crippen MR) is 86.3 cm³/mol. The van der Waals surface area contributed by atoms with Gasteiger partial charge in [-0.3, -0.25) is 0 Å². The molecule has 1 aliphatic carbocycles. The zero-order chi connectivity index (χ0) is 14.7. The highest BCUT2D eigenvalue weighted by Crippen LogP contribution is 2.37. The Balaban J connectivity index is 1.88. The maximum atomic E-state index is 6.30. The Bertz CT molecular complexity index is 601. The summed E-state index contributed by atoms with van der Waals surface area (Å²) in [4.78, 5) is 0. The van der Waals surface area contributed by atoms with Crippen LogP contribution in [0.15, 0.2) is 28.8 Å². The normalized spacial score (nSPS) is 16.8. The van der Waals surface area contributed by atoms with Gasteiger partial charge in [-0.25, -0.2) is 0 Å². The van der Waals surface area contributed by atoms with Gasteiger partial charge in [0.15, 0.2) is 0 Å². The lowest BCUT2D eigenvalue weighted by Crippen LogP contribution is -2.05. The number of halogens is 1. The van der Waals surface area contributed by atoms with Gasteiger partial charge in [0.2, 0.25) is 5.88 Å². The number of anilines is 1. The molecule has 1 heterocycles. The predicted octanol–water partition coefficient (Wildman–Crippen LogP) is 5.09. The van der Waals surface area contributed by atoms with E-state index in [1.807, 2.05) is 24.3 Å². The van der Waals surface area contributed by atoms with Crippen LogP contribution >= 0.6 is 11.6 Å². The molecule has 1 fully saturated rings. The van der Waals surface area contributed by atoms with Crippen LogP contribution in [0.3, 0.4) is 0 Å². The fraction of sp³-hybridized carbons (Fsp3) is 0.471. The van der Waals surface area contributed by atoms with E-state index in [9.17, 15) is 0 Å². The minimum atomic E-state index is 0.367. The van der Waals surface area contributed by atoms with Crippen molar-refractivity contribution in [1.29, 1.82) is 0 Å². The zero-order valence-corrected chi connectivity index (χ0v) is 12.9. The fourth-order valence-corrected chi connectivity index (χ4v) is 3.50. The zero-order valence-electron chi connectivity index (χ0n) is 12.1. The van der Waals surface area contributed by atoms with Gasteiger partial charge >= 0.3 is 0 Å². The monoisotopic (exact) mass is 304 g/mol. The summed E-state index contributed by atoms with van der Waals surface area (Å²) >= 11 is 6.30. The molecule has 0 spiro atoms. The van der Waals surface area contributed by atoms with Crippen molar-refractivity contribution in [3.63, 3.8) is 0 Å². The van der Waals surface area contributed by atoms with Gasteiger partial charge in [0.05, 0.1) is 11.3 Å². The van der Waals surface area contributed by atoms with Crippen LogP contribution in [0.5, 0.6) is 0 Å². The number of nitrogens with zero attached hydrogens (tertiary/aromatic N) is 1. The maximum Gasteiger partial charge on any atom is 0.230 e. The van der Waals surface area contributed by atoms with E-state index in [0.29, 0.717) is 16.8 Å². The van der Waals surface area contributed by atoms with Gasteiger partial charge in [0.25, 0.3) is 0 Å². The molecule has 0 unspecified atom stereocenters. The van der Waals surface area contributed by atoms with Gasteiger partial charge in [-0.1, -0.05) is 73.5 Å². The first-order valence-corrected chi connectivity index (χ1v) is 8.12. The van der Waals surface area contributed by atoms with E-state index in [-0.39, 0.29) is 0 Å². The Hall–Kier alpha value is -1.48. The third kappa shape index (κ3) is 3.24. The summed E-state index contributed by atoms with van der Waals surface area (Å²) in [6, 6.07) is 7.73. The fourth-order valence-electron chi connectivity index (χ4n) is 3.27. The van der Waals surface area contributed by atoms with Crippen LogP contribution in [0.2, 0.25) is 5.02 Å². The number of hydrogen-bond acceptors (Lipinski definition) is 3. The first-order valence-electron chi connectivity index (χ1n) is 7.74. The molecule has 21 heavy (non-hydrogen) atoms. The van der Waals surface area contributed by atoms with Gasteiger partial charge in [0, 0.05) is 10.6 Å². The van der Waals surface area contributed by atoms with Crippen LogP contribution < -0.4 is 5.73 Å². The molecule has 1 aromatic carbocycles. The number of benzene rings is 1. The molecule has 0 aliphatic heterocycles. The number of hydrogen-bond donors (Lipinski definition) is 1. The molecule has 3 rings (SSSR count). The van der Waals surface area contributed by atoms with Crippen LogP contribution in [0.4, 0.5) is 5.88 Å². The summed E-state index contributed by atoms with van der Waals surface area (Å²) < 4.78 is 5.25. The lowest BCUT2D eigenvalue weighted by Gasteiger charge is -2.13. The molecule has 0 atom stereocenters. The van der Waals surface area contributed by atoms with Crippen LogP contribution in [0.1, 0.15) is 44.2 Å². The Morgan fingerprint density at radius 2 is 1.86 bits per heavy atom. The lowest BCUT2D eigenvalue weighted by atomic mass is 9.92. The molecular weight excluding hydrogens is 284 g/mol. The smallest absolute Gasteiger partial charge is 0.230 e. The van der Waals surface area contributed by atoms with E-state index in [2.05, 4.69) is 5.16 Å². The molecule has 0 amide bonds. The molecular formula is C17H21ClN2O. The lowest BCUT2D eigenvalue weighted by molar-refractivity contribution is 0.403. The highest BCUT2D eigenvalue weighted by molar-refractivity contribution is 6.33. The topological polar surface area (TPSA) is 52.0 Å². The summed E-state index contributed by atoms with van der Waals surface area (Å²) in [6.45, 7) is 0. The molecule has 2 N–H and O–H groups in total. The summed E-state index contributed by atoms with van der Waals surface area (Å²) in [5.41, 5.74) is 8.74. The highest BCUT2D eigenvalue weighted by Gasteiger charge is 2.21. The number of aromatic nitrogens is 1. The largest absolute Gasteiger partial charge is 0.367 e. The van der Waals surface area contributed by atoms with E-state index in [0.717, 1.165) is 23.2 Å². The van der Waals surface area contributed by atoms with E-state index in [1.54, 1.807) is 0 Å². The highest BCUT2D eigenvalue weighted by atomic mass is 35.5. The average molecular weight is 305 g/mol. The molecule has 0 saturated heterocycles. The third-order valence-electron chi connectivity index (χ3n) is 4.39. The van der Waals surface area contributed by atoms with Crippen LogP contribution in [0, 0.1) is 5.92 Å². The van der Waals surface area contributed by atoms with Crippen molar-refractivity contribution in [3.05, 3.63) is 35.0 Å². The van der Waals surface area contributed by atoms with Crippen molar-refractivity contribution in [2.45, 2.75) is 44.9 Å². The standard InChI is InChI=1S/C17H21ClN2O/c18-14-10-6-5-9-13(14)16-15(20-21-17(16)19)11-12-7-3-1-2-4-8-12/h5-6,9-10,12H,1-4,7-8,11,19H2. The van der Waals surface area contributed by atoms with Crippen LogP contribution in [-0.4, -0.2) is 5.16 Å². The summed E-state index contributed by atoms with van der Waals surface area (Å²) in [5.74, 6) is 1.05. The minimum Gasteiger partial charge on any atom is -0.367 e. The van der Waals surface area contributed by atoms with Crippen molar-refractivity contribution in [2.75, 3.05) is 5.73 Å². The second-order valence-electron chi connectivity index (χ2n) is 5.91. The molecule has 112 valence electrons. The summed E-state index contributed by atoms with van der Waals surface area (Å²) in [5, 5.41) is 4.89. The number of nitrogen functional groups attached to an aromatic ring is 1. The Kier molecular flexibility index (Phi) is 4.49. The second-order valence-corrected chi connectivity index (χ2v) is 6.32. The first kappa shape index (κ1) is 14.5. The second kappa shape index (κ2) is 6.52. The molecule has 1 aromatic heterocycles. The Morgan fingerprint density at radius 1 is 1.14 bits per heavy atom. The quantitative estimate of drug-likeness (QED) is 0.803. The summed E-state index contributed by atoms with van der Waals surface area (Å²) in [7, 11) is 0. The van der Waals surface area contributed by atoms with Crippen LogP contribution in [-0.2, 0) is 6.42 Å². The van der Waals surface area contributed by atoms with Crippen molar-refractivity contribution < 1.29 is 4.52 Å². The van der Waals surface area contributed by atoms with Crippen molar-refractivity contribution in [3.8, 4) is 11.1 Å². The van der Waals surface area contributed by atoms with E-state index in [1.165, 1.54) is 38.5 Å². The maximum absolute atomic E-state index is 6.30. The number of rotatable bonds is 3. The van der Waals surface area contributed by atoms with Gasteiger partial charge in [0.1, 0.15) is 0 Å². The van der Waals surface area contributed by atoms with E-state index < -0.39 is 0 Å². The first-order chi connectivity index (χ1) is 10.3. The van der Waals surface area contributed by atoms with Crippen LogP contribution in [0.25, 0.3) is 11.1 Å². The Morgan fingerprint density at radius 3 is 2.57 bits per heavy atom. The molecule has 1 aliphatic rings. The summed E-state index contributed by atoms with van der Waals surface area (Å²) in [6.07, 6.45) is 8.83. The number of nitrogens with two attached hydrogens (primary N) is 1. The molecule has 2 aromatic rings. The molecule has 4 heteroatoms. The SMILES string of the molecule is Nc1onc(CC2CCCCCC2)c1-c1ccccc1Cl. The molecule has 0 bridgehead atoms. The van der Waals surface area contributed by atoms with Gasteiger partial charge < -0.3 is 10.3 Å². The molecule has 3 nitrogen and oxygen atoms in total. The third-order valence-corrected chi connectivity index (χ3v) is 4.72.